The van der Waals surface area contributed by atoms with Gasteiger partial charge in [0.05, 0.1) is 13.0 Å². The van der Waals surface area contributed by atoms with Crippen molar-refractivity contribution in [1.82, 2.24) is 10.2 Å². The molecule has 2 aromatic carbocycles. The van der Waals surface area contributed by atoms with Crippen molar-refractivity contribution in [2.75, 3.05) is 6.61 Å². The van der Waals surface area contributed by atoms with Crippen LogP contribution in [0.2, 0.25) is 0 Å². The molecule has 0 aliphatic carbocycles. The van der Waals surface area contributed by atoms with E-state index in [1.54, 1.807) is 6.92 Å². The number of nitrogens with zero attached hydrogens (tertiary/aromatic N) is 2. The van der Waals surface area contributed by atoms with E-state index in [1.165, 1.54) is 5.39 Å². The van der Waals surface area contributed by atoms with Crippen molar-refractivity contribution in [3.8, 4) is 0 Å². The normalized spacial score (nSPS) is 10.7. The average Bonchev–Trinajstić information content (AvgIpc) is 2.96. The minimum Gasteiger partial charge on any atom is -0.459 e. The number of carbonyl (C=O) groups is 1. The average molecular weight is 282 g/mol. The van der Waals surface area contributed by atoms with Gasteiger partial charge in [0, 0.05) is 0 Å². The molecule has 0 amide bonds. The Balaban J connectivity index is 1.80. The summed E-state index contributed by atoms with van der Waals surface area (Å²) in [7, 11) is 0. The molecule has 0 saturated heterocycles. The fourth-order valence-corrected chi connectivity index (χ4v) is 2.12. The highest BCUT2D eigenvalue weighted by Gasteiger charge is 2.15. The molecule has 0 unspecified atom stereocenters. The largest absolute Gasteiger partial charge is 0.459 e. The van der Waals surface area contributed by atoms with Crippen LogP contribution >= 0.6 is 0 Å². The Bertz CT molecular complexity index is 780. The first kappa shape index (κ1) is 13.3. The first-order chi connectivity index (χ1) is 10.3. The Morgan fingerprint density at radius 1 is 1.14 bits per heavy atom. The van der Waals surface area contributed by atoms with Crippen LogP contribution in [0, 0.1) is 0 Å². The predicted molar refractivity (Wildman–Crippen MR) is 77.0 cm³/mol. The Morgan fingerprint density at radius 3 is 2.76 bits per heavy atom. The van der Waals surface area contributed by atoms with Crippen molar-refractivity contribution in [3.05, 3.63) is 59.8 Å². The second-order valence-electron chi connectivity index (χ2n) is 4.58. The Morgan fingerprint density at radius 2 is 1.95 bits per heavy atom. The van der Waals surface area contributed by atoms with E-state index < -0.39 is 5.97 Å². The molecule has 5 heteroatoms. The van der Waals surface area contributed by atoms with E-state index in [4.69, 9.17) is 9.15 Å². The van der Waals surface area contributed by atoms with E-state index in [2.05, 4.69) is 28.4 Å². The topological polar surface area (TPSA) is 65.2 Å². The van der Waals surface area contributed by atoms with Crippen molar-refractivity contribution in [2.24, 2.45) is 0 Å². The molecule has 0 aliphatic rings. The number of ether oxygens (including phenoxy) is 1. The highest BCUT2D eigenvalue weighted by molar-refractivity contribution is 5.84. The van der Waals surface area contributed by atoms with Crippen LogP contribution in [0.4, 0.5) is 0 Å². The lowest BCUT2D eigenvalue weighted by atomic mass is 10.1. The maximum atomic E-state index is 11.5. The van der Waals surface area contributed by atoms with Crippen LogP contribution < -0.4 is 0 Å². The SMILES string of the molecule is CCOC(=O)c1nnc(Cc2ccc3ccccc3c2)o1. The molecule has 1 heterocycles. The van der Waals surface area contributed by atoms with E-state index in [-0.39, 0.29) is 12.5 Å². The van der Waals surface area contributed by atoms with Gasteiger partial charge in [0.1, 0.15) is 0 Å². The van der Waals surface area contributed by atoms with Crippen molar-refractivity contribution in [1.29, 1.82) is 0 Å². The lowest BCUT2D eigenvalue weighted by Gasteiger charge is -2.01. The molecule has 0 aliphatic heterocycles. The van der Waals surface area contributed by atoms with Crippen molar-refractivity contribution in [3.63, 3.8) is 0 Å². The van der Waals surface area contributed by atoms with Crippen molar-refractivity contribution < 1.29 is 13.9 Å². The minimum atomic E-state index is -0.588. The highest BCUT2D eigenvalue weighted by Crippen LogP contribution is 2.17. The van der Waals surface area contributed by atoms with Gasteiger partial charge in [-0.2, -0.15) is 0 Å². The zero-order valence-electron chi connectivity index (χ0n) is 11.6. The fourth-order valence-electron chi connectivity index (χ4n) is 2.12. The van der Waals surface area contributed by atoms with Crippen LogP contribution in [0.15, 0.2) is 46.9 Å². The summed E-state index contributed by atoms with van der Waals surface area (Å²) in [5.74, 6) is -0.296. The number of carbonyl (C=O) groups excluding carboxylic acids is 1. The standard InChI is InChI=1S/C16H14N2O3/c1-2-20-16(19)15-18-17-14(21-15)10-11-7-8-12-5-3-4-6-13(12)9-11/h3-9H,2,10H2,1H3. The number of rotatable bonds is 4. The summed E-state index contributed by atoms with van der Waals surface area (Å²) in [5.41, 5.74) is 1.05. The van der Waals surface area contributed by atoms with E-state index in [1.807, 2.05) is 24.3 Å². The molecule has 0 bridgehead atoms. The number of hydrogen-bond acceptors (Lipinski definition) is 5. The Kier molecular flexibility index (Phi) is 3.64. The molecule has 0 N–H and O–H groups in total. The smallest absolute Gasteiger partial charge is 0.396 e. The van der Waals surface area contributed by atoms with Crippen LogP contribution in [0.3, 0.4) is 0 Å². The summed E-state index contributed by atoms with van der Waals surface area (Å²) in [5, 5.41) is 9.91. The maximum Gasteiger partial charge on any atom is 0.396 e. The van der Waals surface area contributed by atoms with Gasteiger partial charge < -0.3 is 9.15 Å². The summed E-state index contributed by atoms with van der Waals surface area (Å²) < 4.78 is 10.1. The van der Waals surface area contributed by atoms with Gasteiger partial charge in [0.25, 0.3) is 0 Å². The monoisotopic (exact) mass is 282 g/mol. The van der Waals surface area contributed by atoms with Gasteiger partial charge in [-0.05, 0) is 23.3 Å². The van der Waals surface area contributed by atoms with E-state index in [0.29, 0.717) is 12.3 Å². The number of aromatic nitrogens is 2. The van der Waals surface area contributed by atoms with E-state index in [9.17, 15) is 4.79 Å². The second-order valence-corrected chi connectivity index (χ2v) is 4.58. The summed E-state index contributed by atoms with van der Waals surface area (Å²) >= 11 is 0. The molecule has 0 spiro atoms. The molecule has 1 aromatic heterocycles. The molecule has 106 valence electrons. The van der Waals surface area contributed by atoms with Crippen LogP contribution in [0.25, 0.3) is 10.8 Å². The van der Waals surface area contributed by atoms with Gasteiger partial charge in [-0.15, -0.1) is 10.2 Å². The molecule has 0 atom stereocenters. The second kappa shape index (κ2) is 5.75. The van der Waals surface area contributed by atoms with Gasteiger partial charge in [-0.25, -0.2) is 4.79 Å². The fraction of sp³-hybridized carbons (Fsp3) is 0.188. The zero-order chi connectivity index (χ0) is 14.7. The third kappa shape index (κ3) is 2.91. The van der Waals surface area contributed by atoms with Crippen LogP contribution in [0.1, 0.15) is 29.1 Å². The third-order valence-electron chi connectivity index (χ3n) is 3.09. The molecule has 0 fully saturated rings. The number of benzene rings is 2. The lowest BCUT2D eigenvalue weighted by Crippen LogP contribution is -2.04. The number of fused-ring (bicyclic) bond motifs is 1. The third-order valence-corrected chi connectivity index (χ3v) is 3.09. The maximum absolute atomic E-state index is 11.5. The first-order valence-electron chi connectivity index (χ1n) is 6.73. The summed E-state index contributed by atoms with van der Waals surface area (Å²) in [6.07, 6.45) is 0.483. The minimum absolute atomic E-state index is 0.104. The predicted octanol–water partition coefficient (Wildman–Crippen LogP) is 2.99. The highest BCUT2D eigenvalue weighted by atomic mass is 16.5. The Hall–Kier alpha value is -2.69. The molecule has 3 aromatic rings. The summed E-state index contributed by atoms with van der Waals surface area (Å²) in [6.45, 7) is 2.01. The molecule has 0 saturated carbocycles. The van der Waals surface area contributed by atoms with E-state index >= 15 is 0 Å². The number of hydrogen-bond donors (Lipinski definition) is 0. The van der Waals surface area contributed by atoms with Crippen molar-refractivity contribution in [2.45, 2.75) is 13.3 Å². The molecule has 3 rings (SSSR count). The quantitative estimate of drug-likeness (QED) is 0.688. The van der Waals surface area contributed by atoms with Crippen LogP contribution in [-0.2, 0) is 11.2 Å². The summed E-state index contributed by atoms with van der Waals surface area (Å²) in [6, 6.07) is 14.2. The van der Waals surface area contributed by atoms with Crippen molar-refractivity contribution >= 4 is 16.7 Å². The first-order valence-corrected chi connectivity index (χ1v) is 6.73. The Labute approximate surface area is 121 Å². The zero-order valence-corrected chi connectivity index (χ0v) is 11.6. The molecule has 21 heavy (non-hydrogen) atoms. The van der Waals surface area contributed by atoms with E-state index in [0.717, 1.165) is 10.9 Å². The molecule has 5 nitrogen and oxygen atoms in total. The van der Waals surface area contributed by atoms with Gasteiger partial charge in [0.15, 0.2) is 0 Å². The van der Waals surface area contributed by atoms with Gasteiger partial charge >= 0.3 is 11.9 Å². The summed E-state index contributed by atoms with van der Waals surface area (Å²) in [4.78, 5) is 11.5. The molecular weight excluding hydrogens is 268 g/mol. The van der Waals surface area contributed by atoms with Gasteiger partial charge in [-0.1, -0.05) is 42.5 Å². The molecule has 0 radical (unpaired) electrons. The molecular formula is C16H14N2O3. The lowest BCUT2D eigenvalue weighted by molar-refractivity contribution is 0.0479. The number of esters is 1. The van der Waals surface area contributed by atoms with Gasteiger partial charge in [-0.3, -0.25) is 0 Å². The van der Waals surface area contributed by atoms with Crippen LogP contribution in [-0.4, -0.2) is 22.8 Å². The van der Waals surface area contributed by atoms with Crippen LogP contribution in [0.5, 0.6) is 0 Å². The van der Waals surface area contributed by atoms with Gasteiger partial charge in [0.2, 0.25) is 5.89 Å².